The van der Waals surface area contributed by atoms with Gasteiger partial charge in [0.1, 0.15) is 0 Å². The quantitative estimate of drug-likeness (QED) is 0.470. The van der Waals surface area contributed by atoms with Crippen LogP contribution in [0.4, 0.5) is 0 Å². The maximum absolute atomic E-state index is 6.21. The molecule has 0 bridgehead atoms. The molecule has 1 aliphatic heterocycles. The van der Waals surface area contributed by atoms with E-state index in [-0.39, 0.29) is 11.2 Å². The fourth-order valence-electron chi connectivity index (χ4n) is 3.73. The lowest BCUT2D eigenvalue weighted by atomic mass is 9.78. The van der Waals surface area contributed by atoms with Gasteiger partial charge in [0, 0.05) is 28.7 Å². The second-order valence-corrected chi connectivity index (χ2v) is 8.65. The molecule has 0 radical (unpaired) electrons. The lowest BCUT2D eigenvalue weighted by molar-refractivity contribution is 0.00578. The summed E-state index contributed by atoms with van der Waals surface area (Å²) in [6, 6.07) is 18.6. The molecule has 2 aromatic heterocycles. The van der Waals surface area contributed by atoms with Gasteiger partial charge in [-0.2, -0.15) is 0 Å². The third-order valence-electron chi connectivity index (χ3n) is 6.19. The summed E-state index contributed by atoms with van der Waals surface area (Å²) in [5.74, 6) is 0. The number of nitrogens with zero attached hydrogens (tertiary/aromatic N) is 2. The van der Waals surface area contributed by atoms with Crippen LogP contribution in [0.2, 0.25) is 0 Å². The van der Waals surface area contributed by atoms with Gasteiger partial charge < -0.3 is 9.31 Å². The Hall–Kier alpha value is -2.76. The first kappa shape index (κ1) is 18.3. The Balaban J connectivity index is 1.59. The van der Waals surface area contributed by atoms with Crippen molar-refractivity contribution in [2.75, 3.05) is 0 Å². The van der Waals surface area contributed by atoms with Crippen LogP contribution >= 0.6 is 0 Å². The number of hydrogen-bond donors (Lipinski definition) is 0. The number of benzene rings is 2. The number of pyridine rings is 2. The van der Waals surface area contributed by atoms with Crippen LogP contribution in [-0.4, -0.2) is 28.3 Å². The molecule has 1 fully saturated rings. The Morgan fingerprint density at radius 2 is 1.52 bits per heavy atom. The molecule has 0 atom stereocenters. The minimum Gasteiger partial charge on any atom is -0.399 e. The van der Waals surface area contributed by atoms with E-state index in [2.05, 4.69) is 75.1 Å². The molecule has 1 aliphatic rings. The number of fused-ring (bicyclic) bond motifs is 2. The molecule has 144 valence electrons. The summed E-state index contributed by atoms with van der Waals surface area (Å²) in [5.41, 5.74) is 3.12. The third kappa shape index (κ3) is 3.02. The van der Waals surface area contributed by atoms with Gasteiger partial charge in [0.05, 0.1) is 22.4 Å². The van der Waals surface area contributed by atoms with Crippen LogP contribution in [0.1, 0.15) is 27.7 Å². The van der Waals surface area contributed by atoms with Gasteiger partial charge in [-0.15, -0.1) is 0 Å². The molecule has 0 N–H and O–H groups in total. The summed E-state index contributed by atoms with van der Waals surface area (Å²) in [7, 11) is -0.394. The molecule has 5 heteroatoms. The maximum atomic E-state index is 6.21. The van der Waals surface area contributed by atoms with Crippen LogP contribution in [0.5, 0.6) is 0 Å². The van der Waals surface area contributed by atoms with Gasteiger partial charge in [0.15, 0.2) is 0 Å². The SMILES string of the molecule is CC1(C)OB(c2ccc3ccc(-c4cncc5ccccc45)nc3c2)OC1(C)C. The fourth-order valence-corrected chi connectivity index (χ4v) is 3.73. The Morgan fingerprint density at radius 3 is 2.31 bits per heavy atom. The summed E-state index contributed by atoms with van der Waals surface area (Å²) in [5, 5.41) is 3.34. The van der Waals surface area contributed by atoms with Crippen molar-refractivity contribution in [2.24, 2.45) is 0 Å². The third-order valence-corrected chi connectivity index (χ3v) is 6.19. The van der Waals surface area contributed by atoms with Gasteiger partial charge >= 0.3 is 7.12 Å². The molecule has 5 rings (SSSR count). The van der Waals surface area contributed by atoms with Gasteiger partial charge in [0.2, 0.25) is 0 Å². The summed E-state index contributed by atoms with van der Waals surface area (Å²) < 4.78 is 12.4. The summed E-state index contributed by atoms with van der Waals surface area (Å²) >= 11 is 0. The fraction of sp³-hybridized carbons (Fsp3) is 0.250. The number of aromatic nitrogens is 2. The van der Waals surface area contributed by atoms with Crippen molar-refractivity contribution in [3.8, 4) is 11.3 Å². The average Bonchev–Trinajstić information content (AvgIpc) is 2.94. The van der Waals surface area contributed by atoms with Crippen molar-refractivity contribution in [1.29, 1.82) is 0 Å². The molecule has 0 spiro atoms. The van der Waals surface area contributed by atoms with E-state index in [0.717, 1.165) is 38.4 Å². The highest BCUT2D eigenvalue weighted by Crippen LogP contribution is 2.36. The van der Waals surface area contributed by atoms with E-state index < -0.39 is 7.12 Å². The molecule has 3 heterocycles. The lowest BCUT2D eigenvalue weighted by Crippen LogP contribution is -2.41. The van der Waals surface area contributed by atoms with Crippen molar-refractivity contribution in [1.82, 2.24) is 9.97 Å². The highest BCUT2D eigenvalue weighted by molar-refractivity contribution is 6.62. The zero-order valence-electron chi connectivity index (χ0n) is 17.1. The van der Waals surface area contributed by atoms with Gasteiger partial charge in [0.25, 0.3) is 0 Å². The number of hydrogen-bond acceptors (Lipinski definition) is 4. The highest BCUT2D eigenvalue weighted by Gasteiger charge is 2.51. The van der Waals surface area contributed by atoms with E-state index in [9.17, 15) is 0 Å². The zero-order valence-corrected chi connectivity index (χ0v) is 17.1. The second-order valence-electron chi connectivity index (χ2n) is 8.65. The Labute approximate surface area is 171 Å². The van der Waals surface area contributed by atoms with Gasteiger partial charge in [-0.05, 0) is 50.7 Å². The van der Waals surface area contributed by atoms with E-state index in [0.29, 0.717) is 0 Å². The first-order valence-electron chi connectivity index (χ1n) is 9.94. The molecular formula is C24H23BN2O2. The summed E-state index contributed by atoms with van der Waals surface area (Å²) in [6.07, 6.45) is 3.77. The molecule has 2 aromatic carbocycles. The smallest absolute Gasteiger partial charge is 0.399 e. The Kier molecular flexibility index (Phi) is 4.02. The monoisotopic (exact) mass is 382 g/mol. The van der Waals surface area contributed by atoms with Crippen LogP contribution in [0.15, 0.2) is 67.0 Å². The number of rotatable bonds is 2. The van der Waals surface area contributed by atoms with Crippen molar-refractivity contribution in [2.45, 2.75) is 38.9 Å². The van der Waals surface area contributed by atoms with Crippen molar-refractivity contribution in [3.63, 3.8) is 0 Å². The molecule has 0 amide bonds. The van der Waals surface area contributed by atoms with Crippen molar-refractivity contribution < 1.29 is 9.31 Å². The molecule has 4 aromatic rings. The van der Waals surface area contributed by atoms with E-state index in [1.54, 1.807) is 0 Å². The normalized spacial score (nSPS) is 17.9. The first-order chi connectivity index (χ1) is 13.8. The maximum Gasteiger partial charge on any atom is 0.494 e. The van der Waals surface area contributed by atoms with E-state index in [4.69, 9.17) is 14.3 Å². The van der Waals surface area contributed by atoms with E-state index >= 15 is 0 Å². The minimum absolute atomic E-state index is 0.365. The Morgan fingerprint density at radius 1 is 0.793 bits per heavy atom. The molecule has 4 nitrogen and oxygen atoms in total. The standard InChI is InChI=1S/C24H23BN2O2/c1-23(2)24(3,4)29-25(28-23)18-11-9-16-10-12-21(27-22(16)13-18)20-15-26-14-17-7-5-6-8-19(17)20/h5-15H,1-4H3. The molecule has 0 unspecified atom stereocenters. The van der Waals surface area contributed by atoms with Crippen LogP contribution < -0.4 is 5.46 Å². The van der Waals surface area contributed by atoms with Crippen molar-refractivity contribution >= 4 is 34.3 Å². The largest absolute Gasteiger partial charge is 0.494 e. The topological polar surface area (TPSA) is 44.2 Å². The van der Waals surface area contributed by atoms with Crippen LogP contribution in [-0.2, 0) is 9.31 Å². The average molecular weight is 382 g/mol. The van der Waals surface area contributed by atoms with Crippen molar-refractivity contribution in [3.05, 3.63) is 67.0 Å². The molecule has 29 heavy (non-hydrogen) atoms. The Bertz CT molecular complexity index is 1210. The van der Waals surface area contributed by atoms with Gasteiger partial charge in [-0.1, -0.05) is 42.5 Å². The summed E-state index contributed by atoms with van der Waals surface area (Å²) in [6.45, 7) is 8.27. The minimum atomic E-state index is -0.394. The van der Waals surface area contributed by atoms with Crippen LogP contribution in [0.25, 0.3) is 32.9 Å². The van der Waals surface area contributed by atoms with E-state index in [1.165, 1.54) is 0 Å². The predicted molar refractivity (Wildman–Crippen MR) is 118 cm³/mol. The second kappa shape index (κ2) is 6.38. The highest BCUT2D eigenvalue weighted by atomic mass is 16.7. The summed E-state index contributed by atoms with van der Waals surface area (Å²) in [4.78, 5) is 9.35. The van der Waals surface area contributed by atoms with Crippen LogP contribution in [0, 0.1) is 0 Å². The van der Waals surface area contributed by atoms with Gasteiger partial charge in [-0.25, -0.2) is 4.98 Å². The molecule has 0 saturated carbocycles. The van der Waals surface area contributed by atoms with Crippen LogP contribution in [0.3, 0.4) is 0 Å². The first-order valence-corrected chi connectivity index (χ1v) is 9.94. The van der Waals surface area contributed by atoms with E-state index in [1.807, 2.05) is 24.5 Å². The lowest BCUT2D eigenvalue weighted by Gasteiger charge is -2.32. The predicted octanol–water partition coefficient (Wildman–Crippen LogP) is 4.75. The van der Waals surface area contributed by atoms with Gasteiger partial charge in [-0.3, -0.25) is 4.98 Å². The zero-order chi connectivity index (χ0) is 20.2. The molecule has 0 aliphatic carbocycles. The molecular weight excluding hydrogens is 359 g/mol. The molecule has 1 saturated heterocycles.